The number of benzene rings is 2. The van der Waals surface area contributed by atoms with Gasteiger partial charge in [0.2, 0.25) is 5.91 Å². The van der Waals surface area contributed by atoms with Crippen LogP contribution < -0.4 is 10.9 Å². The third-order valence-electron chi connectivity index (χ3n) is 5.32. The molecule has 0 fully saturated rings. The first-order valence-corrected chi connectivity index (χ1v) is 10.5. The van der Waals surface area contributed by atoms with Crippen LogP contribution in [-0.2, 0) is 4.79 Å². The van der Waals surface area contributed by atoms with Crippen LogP contribution in [0.3, 0.4) is 0 Å². The van der Waals surface area contributed by atoms with E-state index in [4.69, 9.17) is 0 Å². The van der Waals surface area contributed by atoms with E-state index in [2.05, 4.69) is 10.4 Å². The van der Waals surface area contributed by atoms with Gasteiger partial charge in [-0.05, 0) is 44.4 Å². The van der Waals surface area contributed by atoms with Crippen LogP contribution in [0.2, 0.25) is 0 Å². The second kappa shape index (κ2) is 7.44. The van der Waals surface area contributed by atoms with Crippen molar-refractivity contribution in [1.82, 2.24) is 9.78 Å². The van der Waals surface area contributed by atoms with Crippen LogP contribution in [0.25, 0.3) is 20.2 Å². The minimum atomic E-state index is -0.678. The number of amides is 1. The molecule has 0 aliphatic carbocycles. The van der Waals surface area contributed by atoms with Crippen molar-refractivity contribution in [3.05, 3.63) is 69.6 Å². The molecule has 0 aliphatic heterocycles. The summed E-state index contributed by atoms with van der Waals surface area (Å²) in [6.45, 7) is 7.71. The molecule has 0 saturated carbocycles. The predicted molar refractivity (Wildman–Crippen MR) is 120 cm³/mol. The first-order chi connectivity index (χ1) is 13.9. The van der Waals surface area contributed by atoms with Gasteiger partial charge in [-0.3, -0.25) is 9.59 Å². The Morgan fingerprint density at radius 3 is 2.48 bits per heavy atom. The number of aryl methyl sites for hydroxylation is 3. The van der Waals surface area contributed by atoms with Gasteiger partial charge in [-0.1, -0.05) is 43.3 Å². The maximum Gasteiger partial charge on any atom is 0.276 e. The lowest BCUT2D eigenvalue weighted by Crippen LogP contribution is -2.35. The number of para-hydroxylation sites is 1. The molecule has 6 heteroatoms. The predicted octanol–water partition coefficient (Wildman–Crippen LogP) is 5.13. The van der Waals surface area contributed by atoms with Gasteiger partial charge in [0.1, 0.15) is 6.04 Å². The van der Waals surface area contributed by atoms with Crippen LogP contribution in [-0.4, -0.2) is 15.7 Å². The maximum atomic E-state index is 13.4. The van der Waals surface area contributed by atoms with E-state index in [0.717, 1.165) is 37.3 Å². The zero-order valence-electron chi connectivity index (χ0n) is 16.9. The highest BCUT2D eigenvalue weighted by Gasteiger charge is 2.25. The van der Waals surface area contributed by atoms with Crippen molar-refractivity contribution in [2.75, 3.05) is 5.32 Å². The first-order valence-electron chi connectivity index (χ1n) is 9.70. The Morgan fingerprint density at radius 2 is 1.79 bits per heavy atom. The Bertz CT molecular complexity index is 1280. The first kappa shape index (κ1) is 19.3. The summed E-state index contributed by atoms with van der Waals surface area (Å²) in [5, 5.41) is 9.11. The van der Waals surface area contributed by atoms with E-state index in [0.29, 0.717) is 11.8 Å². The van der Waals surface area contributed by atoms with Gasteiger partial charge in [0.05, 0.1) is 15.8 Å². The van der Waals surface area contributed by atoms with E-state index in [9.17, 15) is 9.59 Å². The number of rotatable bonds is 4. The maximum absolute atomic E-state index is 13.4. The van der Waals surface area contributed by atoms with Crippen LogP contribution in [0.4, 0.5) is 5.69 Å². The highest BCUT2D eigenvalue weighted by molar-refractivity contribution is 7.26. The molecule has 0 aliphatic rings. The van der Waals surface area contributed by atoms with Crippen LogP contribution in [0, 0.1) is 20.8 Å². The molecule has 1 unspecified atom stereocenters. The quantitative estimate of drug-likeness (QED) is 0.512. The van der Waals surface area contributed by atoms with Crippen LogP contribution in [0.15, 0.2) is 47.3 Å². The third kappa shape index (κ3) is 3.23. The zero-order valence-corrected chi connectivity index (χ0v) is 17.8. The van der Waals surface area contributed by atoms with Crippen molar-refractivity contribution in [3.63, 3.8) is 0 Å². The van der Waals surface area contributed by atoms with Crippen molar-refractivity contribution >= 4 is 43.1 Å². The van der Waals surface area contributed by atoms with Gasteiger partial charge in [-0.25, -0.2) is 4.68 Å². The van der Waals surface area contributed by atoms with E-state index < -0.39 is 6.04 Å². The molecule has 2 heterocycles. The number of fused-ring (bicyclic) bond motifs is 3. The minimum absolute atomic E-state index is 0.216. The minimum Gasteiger partial charge on any atom is -0.324 e. The lowest BCUT2D eigenvalue weighted by Gasteiger charge is -2.19. The van der Waals surface area contributed by atoms with Crippen molar-refractivity contribution < 1.29 is 4.79 Å². The average molecular weight is 406 g/mol. The molecule has 2 aromatic carbocycles. The number of hydrogen-bond acceptors (Lipinski definition) is 4. The Balaban J connectivity index is 1.83. The fraction of sp³-hybridized carbons (Fsp3) is 0.261. The molecule has 0 spiro atoms. The molecule has 0 bridgehead atoms. The van der Waals surface area contributed by atoms with Crippen molar-refractivity contribution in [3.8, 4) is 0 Å². The van der Waals surface area contributed by atoms with Crippen molar-refractivity contribution in [1.29, 1.82) is 0 Å². The summed E-state index contributed by atoms with van der Waals surface area (Å²) in [4.78, 5) is 26.5. The molecular weight excluding hydrogens is 382 g/mol. The second-order valence-electron chi connectivity index (χ2n) is 7.32. The largest absolute Gasteiger partial charge is 0.324 e. The summed E-state index contributed by atoms with van der Waals surface area (Å²) in [7, 11) is 0. The third-order valence-corrected chi connectivity index (χ3v) is 6.60. The average Bonchev–Trinajstić information content (AvgIpc) is 3.10. The molecule has 1 atom stereocenters. The molecule has 2 aromatic heterocycles. The smallest absolute Gasteiger partial charge is 0.276 e. The van der Waals surface area contributed by atoms with Gasteiger partial charge < -0.3 is 5.32 Å². The highest BCUT2D eigenvalue weighted by atomic mass is 32.1. The van der Waals surface area contributed by atoms with Gasteiger partial charge in [-0.2, -0.15) is 5.10 Å². The number of hydrogen-bond donors (Lipinski definition) is 1. The summed E-state index contributed by atoms with van der Waals surface area (Å²) in [5.74, 6) is -0.224. The number of carbonyl (C=O) groups is 1. The summed E-state index contributed by atoms with van der Waals surface area (Å²) in [6, 6.07) is 13.1. The number of thiophene rings is 1. The number of nitrogens with one attached hydrogen (secondary N) is 1. The van der Waals surface area contributed by atoms with E-state index in [-0.39, 0.29) is 11.5 Å². The highest BCUT2D eigenvalue weighted by Crippen LogP contribution is 2.33. The zero-order chi connectivity index (χ0) is 20.7. The fourth-order valence-corrected chi connectivity index (χ4v) is 4.91. The number of carbonyl (C=O) groups excluding carboxylic acids is 1. The number of anilines is 1. The molecule has 4 aromatic rings. The Kier molecular flexibility index (Phi) is 4.96. The summed E-state index contributed by atoms with van der Waals surface area (Å²) < 4.78 is 3.30. The Labute approximate surface area is 173 Å². The van der Waals surface area contributed by atoms with Gasteiger partial charge in [-0.15, -0.1) is 11.3 Å². The van der Waals surface area contributed by atoms with Crippen LogP contribution >= 0.6 is 11.3 Å². The summed E-state index contributed by atoms with van der Waals surface area (Å²) in [6.07, 6.45) is 0.469. The van der Waals surface area contributed by atoms with Crippen LogP contribution in [0.1, 0.15) is 36.2 Å². The molecule has 4 rings (SSSR count). The molecule has 29 heavy (non-hydrogen) atoms. The standard InChI is InChI=1S/C23H23N3O2S/c1-5-17(22(27)24-20-13(2)9-8-10-14(20)3)26-23(28)19-16-11-6-7-12-18(16)29-21(19)15(4)25-26/h6-12,17H,5H2,1-4H3,(H,24,27). The van der Waals surface area contributed by atoms with Gasteiger partial charge >= 0.3 is 0 Å². The molecular formula is C23H23N3O2S. The lowest BCUT2D eigenvalue weighted by molar-refractivity contribution is -0.119. The Hall–Kier alpha value is -2.99. The SMILES string of the molecule is CCC(C(=O)Nc1c(C)cccc1C)n1nc(C)c2sc3ccccc3c2c1=O. The monoisotopic (exact) mass is 405 g/mol. The van der Waals surface area contributed by atoms with E-state index in [1.54, 1.807) is 11.3 Å². The summed E-state index contributed by atoms with van der Waals surface area (Å²) in [5.41, 5.74) is 3.32. The molecule has 0 radical (unpaired) electrons. The van der Waals surface area contributed by atoms with Gasteiger partial charge in [0.25, 0.3) is 5.56 Å². The van der Waals surface area contributed by atoms with Crippen LogP contribution in [0.5, 0.6) is 0 Å². The molecule has 0 saturated heterocycles. The van der Waals surface area contributed by atoms with Gasteiger partial charge in [0.15, 0.2) is 0 Å². The Morgan fingerprint density at radius 1 is 1.10 bits per heavy atom. The lowest BCUT2D eigenvalue weighted by atomic mass is 10.1. The molecule has 5 nitrogen and oxygen atoms in total. The fourth-order valence-electron chi connectivity index (χ4n) is 3.78. The van der Waals surface area contributed by atoms with Crippen molar-refractivity contribution in [2.24, 2.45) is 0 Å². The molecule has 1 amide bonds. The van der Waals surface area contributed by atoms with E-state index in [1.165, 1.54) is 4.68 Å². The molecule has 1 N–H and O–H groups in total. The summed E-state index contributed by atoms with van der Waals surface area (Å²) >= 11 is 1.57. The van der Waals surface area contributed by atoms with Crippen molar-refractivity contribution in [2.45, 2.75) is 40.2 Å². The second-order valence-corrected chi connectivity index (χ2v) is 8.37. The normalized spacial score (nSPS) is 12.4. The molecule has 148 valence electrons. The van der Waals surface area contributed by atoms with Gasteiger partial charge in [0, 0.05) is 15.8 Å². The number of nitrogens with zero attached hydrogens (tertiary/aromatic N) is 2. The topological polar surface area (TPSA) is 64.0 Å². The van der Waals surface area contributed by atoms with E-state index in [1.807, 2.05) is 70.2 Å². The van der Waals surface area contributed by atoms with E-state index >= 15 is 0 Å². The number of aromatic nitrogens is 2.